The number of ether oxygens (including phenoxy) is 2. The molecule has 2 aromatic carbocycles. The van der Waals surface area contributed by atoms with Crippen LogP contribution in [0.25, 0.3) is 0 Å². The maximum absolute atomic E-state index is 9.96. The number of benzene rings is 2. The van der Waals surface area contributed by atoms with Crippen molar-refractivity contribution in [3.05, 3.63) is 65.7 Å². The topological polar surface area (TPSA) is 69.9 Å². The molecule has 1 N–H and O–H groups in total. The zero-order valence-corrected chi connectivity index (χ0v) is 28.1. The average molecular weight is 601 g/mol. The lowest BCUT2D eigenvalue weighted by molar-refractivity contribution is 0.401. The Hall–Kier alpha value is -3.30. The molecule has 9 heteroatoms. The number of hydrazone groups is 2. The molecule has 0 heterocycles. The third-order valence-corrected chi connectivity index (χ3v) is 6.71. The van der Waals surface area contributed by atoms with E-state index >= 15 is 0 Å². The second-order valence-corrected chi connectivity index (χ2v) is 9.32. The van der Waals surface area contributed by atoms with Gasteiger partial charge in [0, 0.05) is 37.5 Å². The summed E-state index contributed by atoms with van der Waals surface area (Å²) in [6.07, 6.45) is 4.63. The Morgan fingerprint density at radius 1 is 0.878 bits per heavy atom. The van der Waals surface area contributed by atoms with Gasteiger partial charge >= 0.3 is 0 Å². The SMILES string of the molecule is C=CC.CC.CC/C(C/C(CC)=N/N(C)C(=S)c1cc(OC)ccc1OC)=N\N(C)C(=S)c1cc(O)ccc1CC. The van der Waals surface area contributed by atoms with Crippen molar-refractivity contribution in [2.24, 2.45) is 10.2 Å². The minimum Gasteiger partial charge on any atom is -0.508 e. The molecule has 0 fully saturated rings. The van der Waals surface area contributed by atoms with Gasteiger partial charge in [-0.3, -0.25) is 10.0 Å². The molecule has 0 unspecified atom stereocenters. The quantitative estimate of drug-likeness (QED) is 0.121. The lowest BCUT2D eigenvalue weighted by atomic mass is 10.0. The van der Waals surface area contributed by atoms with Crippen molar-refractivity contribution in [1.29, 1.82) is 0 Å². The van der Waals surface area contributed by atoms with Gasteiger partial charge in [-0.15, -0.1) is 6.58 Å². The molecule has 0 atom stereocenters. The molecule has 0 aliphatic rings. The van der Waals surface area contributed by atoms with Gasteiger partial charge in [0.25, 0.3) is 0 Å². The molecule has 0 radical (unpaired) electrons. The Labute approximate surface area is 258 Å². The van der Waals surface area contributed by atoms with Crippen LogP contribution in [-0.4, -0.2) is 64.8 Å². The van der Waals surface area contributed by atoms with E-state index in [0.29, 0.717) is 27.9 Å². The predicted molar refractivity (Wildman–Crippen MR) is 183 cm³/mol. The van der Waals surface area contributed by atoms with Crippen molar-refractivity contribution < 1.29 is 14.6 Å². The van der Waals surface area contributed by atoms with E-state index in [1.165, 1.54) is 0 Å². The Balaban J connectivity index is 0.00000299. The van der Waals surface area contributed by atoms with Crippen molar-refractivity contribution in [2.75, 3.05) is 28.3 Å². The summed E-state index contributed by atoms with van der Waals surface area (Å²) in [6, 6.07) is 10.8. The zero-order valence-electron chi connectivity index (χ0n) is 26.4. The second-order valence-electron chi connectivity index (χ2n) is 8.54. The summed E-state index contributed by atoms with van der Waals surface area (Å²) >= 11 is 11.4. The Bertz CT molecular complexity index is 1200. The Morgan fingerprint density at radius 2 is 1.39 bits per heavy atom. The number of allylic oxidation sites excluding steroid dienone is 1. The third-order valence-electron chi connectivity index (χ3n) is 5.74. The predicted octanol–water partition coefficient (Wildman–Crippen LogP) is 8.03. The minimum absolute atomic E-state index is 0.185. The van der Waals surface area contributed by atoms with Gasteiger partial charge in [0.05, 0.1) is 19.8 Å². The van der Waals surface area contributed by atoms with Crippen LogP contribution in [0.3, 0.4) is 0 Å². The molecule has 2 aromatic rings. The molecule has 0 amide bonds. The first-order chi connectivity index (χ1) is 19.6. The first-order valence-corrected chi connectivity index (χ1v) is 14.7. The molecule has 7 nitrogen and oxygen atoms in total. The van der Waals surface area contributed by atoms with Crippen LogP contribution in [0.15, 0.2) is 59.3 Å². The van der Waals surface area contributed by atoms with Gasteiger partial charge in [0.1, 0.15) is 27.2 Å². The molecule has 0 aliphatic heterocycles. The molecule has 2 rings (SSSR count). The Morgan fingerprint density at radius 3 is 1.83 bits per heavy atom. The summed E-state index contributed by atoms with van der Waals surface area (Å²) in [5.41, 5.74) is 4.50. The van der Waals surface area contributed by atoms with E-state index < -0.39 is 0 Å². The van der Waals surface area contributed by atoms with Crippen molar-refractivity contribution in [3.63, 3.8) is 0 Å². The van der Waals surface area contributed by atoms with E-state index in [1.807, 2.05) is 59.1 Å². The van der Waals surface area contributed by atoms with Crippen molar-refractivity contribution in [3.8, 4) is 17.2 Å². The maximum Gasteiger partial charge on any atom is 0.133 e. The van der Waals surface area contributed by atoms with Gasteiger partial charge in [-0.2, -0.15) is 10.2 Å². The Kier molecular flexibility index (Phi) is 18.9. The van der Waals surface area contributed by atoms with Crippen LogP contribution in [0.4, 0.5) is 0 Å². The number of phenolic OH excluding ortho intramolecular Hbond substituents is 1. The number of rotatable bonds is 11. The number of phenols is 1. The number of aryl methyl sites for hydroxylation is 1. The average Bonchev–Trinajstić information content (AvgIpc) is 3.00. The van der Waals surface area contributed by atoms with Crippen LogP contribution in [0.1, 0.15) is 77.5 Å². The minimum atomic E-state index is 0.185. The van der Waals surface area contributed by atoms with Crippen molar-refractivity contribution in [1.82, 2.24) is 10.0 Å². The van der Waals surface area contributed by atoms with E-state index in [0.717, 1.165) is 47.4 Å². The number of hydrogen-bond acceptors (Lipinski definition) is 7. The van der Waals surface area contributed by atoms with Gasteiger partial charge in [-0.25, -0.2) is 0 Å². The molecule has 0 bridgehead atoms. The summed E-state index contributed by atoms with van der Waals surface area (Å²) in [5, 5.41) is 22.9. The van der Waals surface area contributed by atoms with E-state index in [2.05, 4.69) is 27.4 Å². The fraction of sp³-hybridized carbons (Fsp3) is 0.438. The normalized spacial score (nSPS) is 10.8. The van der Waals surface area contributed by atoms with E-state index in [4.69, 9.17) is 44.1 Å². The molecule has 0 saturated heterocycles. The fourth-order valence-corrected chi connectivity index (χ4v) is 4.05. The summed E-state index contributed by atoms with van der Waals surface area (Å²) in [5.74, 6) is 1.54. The smallest absolute Gasteiger partial charge is 0.133 e. The highest BCUT2D eigenvalue weighted by Crippen LogP contribution is 2.26. The second kappa shape index (κ2) is 20.6. The van der Waals surface area contributed by atoms with Gasteiger partial charge in [-0.1, -0.05) is 71.2 Å². The number of aromatic hydroxyl groups is 1. The monoisotopic (exact) mass is 600 g/mol. The van der Waals surface area contributed by atoms with Crippen molar-refractivity contribution in [2.45, 2.75) is 67.2 Å². The third kappa shape index (κ3) is 12.0. The molecular formula is C32H48N4O3S2. The highest BCUT2D eigenvalue weighted by atomic mass is 32.1. The molecular weight excluding hydrogens is 553 g/mol. The molecule has 41 heavy (non-hydrogen) atoms. The molecule has 0 saturated carbocycles. The highest BCUT2D eigenvalue weighted by Gasteiger charge is 2.16. The van der Waals surface area contributed by atoms with Gasteiger partial charge < -0.3 is 14.6 Å². The first kappa shape index (κ1) is 37.7. The molecule has 0 spiro atoms. The summed E-state index contributed by atoms with van der Waals surface area (Å²) < 4.78 is 10.8. The lowest BCUT2D eigenvalue weighted by Crippen LogP contribution is -2.25. The maximum atomic E-state index is 9.96. The first-order valence-electron chi connectivity index (χ1n) is 13.9. The fourth-order valence-electron chi connectivity index (χ4n) is 3.61. The van der Waals surface area contributed by atoms with Crippen LogP contribution < -0.4 is 9.47 Å². The van der Waals surface area contributed by atoms with Crippen LogP contribution >= 0.6 is 24.4 Å². The number of methoxy groups -OCH3 is 2. The zero-order chi connectivity index (χ0) is 31.5. The van der Waals surface area contributed by atoms with Gasteiger partial charge in [-0.05, 0) is 62.1 Å². The van der Waals surface area contributed by atoms with E-state index in [-0.39, 0.29) is 5.75 Å². The highest BCUT2D eigenvalue weighted by molar-refractivity contribution is 7.81. The largest absolute Gasteiger partial charge is 0.508 e. The van der Waals surface area contributed by atoms with Crippen LogP contribution in [0.2, 0.25) is 0 Å². The number of nitrogens with zero attached hydrogens (tertiary/aromatic N) is 4. The standard InChI is InChI=1S/C27H36N4O3S2.C3H6.C2H6/c1-8-18-11-12-21(32)16-23(18)26(35)30(4)28-19(9-2)15-20(10-3)29-31(5)27(36)24-17-22(33-6)13-14-25(24)34-7;1-3-2;1-2/h11-14,16-17,32H,8-10,15H2,1-7H3;3H,1H2,2H3;1-2H3/b28-19+,29-20+;;. The summed E-state index contributed by atoms with van der Waals surface area (Å²) in [6.45, 7) is 15.4. The number of hydrogen-bond donors (Lipinski definition) is 1. The number of thiocarbonyl (C=S) groups is 2. The van der Waals surface area contributed by atoms with Crippen molar-refractivity contribution >= 4 is 45.8 Å². The van der Waals surface area contributed by atoms with Gasteiger partial charge in [0.15, 0.2) is 0 Å². The summed E-state index contributed by atoms with van der Waals surface area (Å²) in [7, 11) is 6.89. The molecule has 0 aliphatic carbocycles. The molecule has 226 valence electrons. The summed E-state index contributed by atoms with van der Waals surface area (Å²) in [4.78, 5) is 1.09. The lowest BCUT2D eigenvalue weighted by Gasteiger charge is -2.20. The molecule has 0 aromatic heterocycles. The van der Waals surface area contributed by atoms with E-state index in [9.17, 15) is 5.11 Å². The van der Waals surface area contributed by atoms with Crippen LogP contribution in [0, 0.1) is 0 Å². The van der Waals surface area contributed by atoms with E-state index in [1.54, 1.807) is 42.4 Å². The van der Waals surface area contributed by atoms with Crippen LogP contribution in [0.5, 0.6) is 17.2 Å². The van der Waals surface area contributed by atoms with Gasteiger partial charge in [0.2, 0.25) is 0 Å². The van der Waals surface area contributed by atoms with Crippen LogP contribution in [-0.2, 0) is 6.42 Å².